The van der Waals surface area contributed by atoms with E-state index in [1.54, 1.807) is 10.9 Å². The van der Waals surface area contributed by atoms with Crippen molar-refractivity contribution >= 4 is 28.5 Å². The fourth-order valence-corrected chi connectivity index (χ4v) is 4.67. The first-order valence-electron chi connectivity index (χ1n) is 12.6. The van der Waals surface area contributed by atoms with E-state index >= 15 is 0 Å². The van der Waals surface area contributed by atoms with Gasteiger partial charge in [0.25, 0.3) is 5.91 Å². The monoisotopic (exact) mass is 480 g/mol. The summed E-state index contributed by atoms with van der Waals surface area (Å²) in [5, 5.41) is 11.5. The molecule has 0 aliphatic heterocycles. The number of rotatable bonds is 7. The predicted octanol–water partition coefficient (Wildman–Crippen LogP) is 4.67. The first-order chi connectivity index (χ1) is 17.6. The number of benzene rings is 1. The largest absolute Gasteiger partial charge is 0.348 e. The topological polar surface area (TPSA) is 102 Å². The van der Waals surface area contributed by atoms with Crippen molar-refractivity contribution in [2.24, 2.45) is 5.92 Å². The molecule has 0 atom stereocenters. The third-order valence-electron chi connectivity index (χ3n) is 7.06. The number of hydrogen-bond donors (Lipinski definition) is 2. The minimum atomic E-state index is -0.170. The Morgan fingerprint density at radius 1 is 1.06 bits per heavy atom. The van der Waals surface area contributed by atoms with Crippen molar-refractivity contribution in [1.29, 1.82) is 0 Å². The number of carbonyl (C=O) groups is 2. The maximum atomic E-state index is 13.5. The van der Waals surface area contributed by atoms with Gasteiger partial charge in [-0.25, -0.2) is 9.97 Å². The third kappa shape index (κ3) is 4.34. The number of fused-ring (bicyclic) bond motifs is 1. The maximum Gasteiger partial charge on any atom is 0.252 e. The van der Waals surface area contributed by atoms with Crippen LogP contribution in [-0.4, -0.2) is 31.6 Å². The summed E-state index contributed by atoms with van der Waals surface area (Å²) in [5.74, 6) is 1.08. The second kappa shape index (κ2) is 9.18. The van der Waals surface area contributed by atoms with Crippen LogP contribution in [0.2, 0.25) is 0 Å². The fraction of sp³-hybridized carbons (Fsp3) is 0.321. The van der Waals surface area contributed by atoms with E-state index in [0.717, 1.165) is 60.1 Å². The molecule has 2 saturated carbocycles. The highest BCUT2D eigenvalue weighted by Gasteiger charge is 2.29. The lowest BCUT2D eigenvalue weighted by molar-refractivity contribution is -0.122. The lowest BCUT2D eigenvalue weighted by Crippen LogP contribution is -2.28. The van der Waals surface area contributed by atoms with Crippen LogP contribution in [0, 0.1) is 12.8 Å². The molecule has 1 aromatic carbocycles. The minimum absolute atomic E-state index is 0.0783. The molecule has 3 heterocycles. The van der Waals surface area contributed by atoms with E-state index in [4.69, 9.17) is 4.98 Å². The Morgan fingerprint density at radius 2 is 1.92 bits per heavy atom. The van der Waals surface area contributed by atoms with Crippen LogP contribution in [-0.2, 0) is 11.3 Å². The number of carbonyl (C=O) groups excluding carboxylic acids is 2. The first kappa shape index (κ1) is 22.4. The van der Waals surface area contributed by atoms with Crippen molar-refractivity contribution in [3.8, 4) is 5.82 Å². The molecule has 2 aliphatic carbocycles. The molecule has 182 valence electrons. The van der Waals surface area contributed by atoms with Gasteiger partial charge in [0, 0.05) is 36.0 Å². The fourth-order valence-electron chi connectivity index (χ4n) is 4.67. The van der Waals surface area contributed by atoms with Crippen molar-refractivity contribution < 1.29 is 9.59 Å². The minimum Gasteiger partial charge on any atom is -0.348 e. The van der Waals surface area contributed by atoms with Crippen LogP contribution in [0.15, 0.2) is 54.7 Å². The van der Waals surface area contributed by atoms with Gasteiger partial charge in [-0.15, -0.1) is 0 Å². The second-order valence-electron chi connectivity index (χ2n) is 9.75. The zero-order valence-corrected chi connectivity index (χ0v) is 20.2. The van der Waals surface area contributed by atoms with E-state index in [2.05, 4.69) is 20.7 Å². The Labute approximate surface area is 209 Å². The van der Waals surface area contributed by atoms with Crippen molar-refractivity contribution in [3.63, 3.8) is 0 Å². The normalized spacial score (nSPS) is 15.5. The van der Waals surface area contributed by atoms with Gasteiger partial charge >= 0.3 is 0 Å². The molecule has 8 nitrogen and oxygen atoms in total. The predicted molar refractivity (Wildman–Crippen MR) is 137 cm³/mol. The van der Waals surface area contributed by atoms with E-state index in [0.29, 0.717) is 29.5 Å². The smallest absolute Gasteiger partial charge is 0.252 e. The average Bonchev–Trinajstić information content (AvgIpc) is 3.65. The lowest BCUT2D eigenvalue weighted by Gasteiger charge is -2.24. The number of amides is 2. The molecular formula is C28H28N6O2. The average molecular weight is 481 g/mol. The van der Waals surface area contributed by atoms with E-state index < -0.39 is 0 Å². The molecule has 2 N–H and O–H groups in total. The highest BCUT2D eigenvalue weighted by atomic mass is 16.2. The summed E-state index contributed by atoms with van der Waals surface area (Å²) in [5.41, 5.74) is 4.57. The van der Waals surface area contributed by atoms with Crippen LogP contribution in [0.4, 0.5) is 5.69 Å². The summed E-state index contributed by atoms with van der Waals surface area (Å²) in [7, 11) is 0. The van der Waals surface area contributed by atoms with Crippen LogP contribution in [0.1, 0.15) is 65.3 Å². The number of hydrogen-bond acceptors (Lipinski definition) is 5. The molecule has 36 heavy (non-hydrogen) atoms. The number of nitrogens with zero attached hydrogens (tertiary/aromatic N) is 4. The van der Waals surface area contributed by atoms with Crippen LogP contribution in [0.25, 0.3) is 16.9 Å². The molecule has 0 radical (unpaired) electrons. The Balaban J connectivity index is 1.26. The summed E-state index contributed by atoms with van der Waals surface area (Å²) < 4.78 is 1.72. The standard InChI is InChI=1S/C28H28N6O2/c1-17-25-22(15-23(19-11-12-19)32-26(25)34(33-17)24-10-2-3-13-29-24)28(36)30-16-18-6-4-9-21(14-18)31-27(35)20-7-5-8-20/h2-4,6,9-10,13-15,19-20H,5,7-8,11-12,16H2,1H3,(H,30,36)(H,31,35). The number of anilines is 1. The van der Waals surface area contributed by atoms with Gasteiger partial charge in [0.05, 0.1) is 16.6 Å². The van der Waals surface area contributed by atoms with Crippen LogP contribution >= 0.6 is 0 Å². The molecule has 6 rings (SSSR count). The molecule has 0 saturated heterocycles. The highest BCUT2D eigenvalue weighted by molar-refractivity contribution is 6.06. The highest BCUT2D eigenvalue weighted by Crippen LogP contribution is 2.40. The summed E-state index contributed by atoms with van der Waals surface area (Å²) in [4.78, 5) is 35.1. The molecular weight excluding hydrogens is 452 g/mol. The van der Waals surface area contributed by atoms with E-state index in [-0.39, 0.29) is 17.7 Å². The Bertz CT molecular complexity index is 1450. The first-order valence-corrected chi connectivity index (χ1v) is 12.6. The number of aromatic nitrogens is 4. The van der Waals surface area contributed by atoms with Gasteiger partial charge in [0.15, 0.2) is 11.5 Å². The summed E-state index contributed by atoms with van der Waals surface area (Å²) in [6.07, 6.45) is 6.92. The van der Waals surface area contributed by atoms with Crippen molar-refractivity contribution in [2.75, 3.05) is 5.32 Å². The van der Waals surface area contributed by atoms with Gasteiger partial charge in [0.1, 0.15) is 0 Å². The molecule has 2 aliphatic rings. The molecule has 0 bridgehead atoms. The van der Waals surface area contributed by atoms with E-state index in [9.17, 15) is 9.59 Å². The van der Waals surface area contributed by atoms with E-state index in [1.807, 2.05) is 55.5 Å². The summed E-state index contributed by atoms with van der Waals surface area (Å²) in [6.45, 7) is 2.24. The Morgan fingerprint density at radius 3 is 2.64 bits per heavy atom. The van der Waals surface area contributed by atoms with Crippen LogP contribution in [0.5, 0.6) is 0 Å². The zero-order valence-electron chi connectivity index (χ0n) is 20.2. The molecule has 2 amide bonds. The quantitative estimate of drug-likeness (QED) is 0.400. The third-order valence-corrected chi connectivity index (χ3v) is 7.06. The van der Waals surface area contributed by atoms with Crippen molar-refractivity contribution in [1.82, 2.24) is 25.1 Å². The van der Waals surface area contributed by atoms with Gasteiger partial charge in [-0.1, -0.05) is 24.6 Å². The number of aryl methyl sites for hydroxylation is 1. The van der Waals surface area contributed by atoms with Gasteiger partial charge < -0.3 is 10.6 Å². The molecule has 8 heteroatoms. The van der Waals surface area contributed by atoms with Crippen LogP contribution in [0.3, 0.4) is 0 Å². The van der Waals surface area contributed by atoms with Gasteiger partial charge in [0.2, 0.25) is 5.91 Å². The molecule has 4 aromatic rings. The summed E-state index contributed by atoms with van der Waals surface area (Å²) >= 11 is 0. The zero-order chi connectivity index (χ0) is 24.6. The van der Waals surface area contributed by atoms with Crippen LogP contribution < -0.4 is 10.6 Å². The molecule has 3 aromatic heterocycles. The second-order valence-corrected chi connectivity index (χ2v) is 9.75. The maximum absolute atomic E-state index is 13.5. The van der Waals surface area contributed by atoms with Gasteiger partial charge in [-0.3, -0.25) is 9.59 Å². The Kier molecular flexibility index (Phi) is 5.71. The number of nitrogens with one attached hydrogen (secondary N) is 2. The van der Waals surface area contributed by atoms with Crippen molar-refractivity contribution in [2.45, 2.75) is 51.5 Å². The van der Waals surface area contributed by atoms with Gasteiger partial charge in [-0.2, -0.15) is 9.78 Å². The molecule has 0 spiro atoms. The van der Waals surface area contributed by atoms with Gasteiger partial charge in [-0.05, 0) is 68.5 Å². The SMILES string of the molecule is Cc1nn(-c2ccccn2)c2nc(C3CC3)cc(C(=O)NCc3cccc(NC(=O)C4CCC4)c3)c12. The van der Waals surface area contributed by atoms with Crippen molar-refractivity contribution in [3.05, 3.63) is 77.2 Å². The Hall–Kier alpha value is -4.07. The molecule has 2 fully saturated rings. The van der Waals surface area contributed by atoms with E-state index in [1.165, 1.54) is 0 Å². The number of pyridine rings is 2. The molecule has 0 unspecified atom stereocenters. The summed E-state index contributed by atoms with van der Waals surface area (Å²) in [6, 6.07) is 15.2. The lowest BCUT2D eigenvalue weighted by atomic mass is 9.85.